The fourth-order valence-electron chi connectivity index (χ4n) is 1.55. The average Bonchev–Trinajstić information content (AvgIpc) is 2.48. The SMILES string of the molecule is CNCC(N)=O.Cc1ccc(OCc2ccccc2)cc1. The Kier molecular flexibility index (Phi) is 7.61. The van der Waals surface area contributed by atoms with Crippen molar-refractivity contribution < 1.29 is 9.53 Å². The van der Waals surface area contributed by atoms with E-state index in [1.807, 2.05) is 30.3 Å². The number of carbonyl (C=O) groups is 1. The van der Waals surface area contributed by atoms with Crippen LogP contribution in [0.4, 0.5) is 0 Å². The molecule has 0 unspecified atom stereocenters. The van der Waals surface area contributed by atoms with E-state index in [0.717, 1.165) is 5.75 Å². The van der Waals surface area contributed by atoms with Crippen LogP contribution in [-0.2, 0) is 11.4 Å². The highest BCUT2D eigenvalue weighted by Gasteiger charge is 1.94. The third kappa shape index (κ3) is 7.74. The van der Waals surface area contributed by atoms with Crippen molar-refractivity contribution in [2.45, 2.75) is 13.5 Å². The summed E-state index contributed by atoms with van der Waals surface area (Å²) >= 11 is 0. The van der Waals surface area contributed by atoms with Gasteiger partial charge in [0.2, 0.25) is 5.91 Å². The number of nitrogens with one attached hydrogen (secondary N) is 1. The van der Waals surface area contributed by atoms with Gasteiger partial charge >= 0.3 is 0 Å². The van der Waals surface area contributed by atoms with Gasteiger partial charge < -0.3 is 15.8 Å². The topological polar surface area (TPSA) is 64.3 Å². The summed E-state index contributed by atoms with van der Waals surface area (Å²) < 4.78 is 5.65. The average molecular weight is 286 g/mol. The lowest BCUT2D eigenvalue weighted by Crippen LogP contribution is -2.25. The van der Waals surface area contributed by atoms with Gasteiger partial charge in [0, 0.05) is 0 Å². The first-order valence-electron chi connectivity index (χ1n) is 6.78. The monoisotopic (exact) mass is 286 g/mol. The number of ether oxygens (including phenoxy) is 1. The Bertz CT molecular complexity index is 524. The van der Waals surface area contributed by atoms with E-state index >= 15 is 0 Å². The minimum atomic E-state index is -0.322. The number of nitrogens with two attached hydrogens (primary N) is 1. The Morgan fingerprint density at radius 1 is 1.10 bits per heavy atom. The highest BCUT2D eigenvalue weighted by molar-refractivity contribution is 5.75. The van der Waals surface area contributed by atoms with Crippen LogP contribution in [-0.4, -0.2) is 19.5 Å². The molecule has 0 radical (unpaired) electrons. The van der Waals surface area contributed by atoms with Gasteiger partial charge in [0.05, 0.1) is 6.54 Å². The number of hydrogen-bond donors (Lipinski definition) is 2. The van der Waals surface area contributed by atoms with Crippen molar-refractivity contribution in [3.63, 3.8) is 0 Å². The summed E-state index contributed by atoms with van der Waals surface area (Å²) in [7, 11) is 1.67. The van der Waals surface area contributed by atoms with E-state index in [0.29, 0.717) is 6.61 Å². The summed E-state index contributed by atoms with van der Waals surface area (Å²) in [5.74, 6) is 0.599. The van der Waals surface area contributed by atoms with Crippen LogP contribution in [0.25, 0.3) is 0 Å². The molecule has 0 atom stereocenters. The molecule has 0 bridgehead atoms. The molecule has 2 rings (SSSR count). The third-order valence-corrected chi connectivity index (χ3v) is 2.62. The Morgan fingerprint density at radius 3 is 2.19 bits per heavy atom. The zero-order valence-electron chi connectivity index (χ0n) is 12.5. The van der Waals surface area contributed by atoms with Crippen LogP contribution < -0.4 is 15.8 Å². The molecule has 4 nitrogen and oxygen atoms in total. The zero-order chi connectivity index (χ0) is 15.5. The van der Waals surface area contributed by atoms with Crippen LogP contribution in [0.1, 0.15) is 11.1 Å². The molecule has 0 aromatic heterocycles. The van der Waals surface area contributed by atoms with Crippen molar-refractivity contribution in [2.24, 2.45) is 5.73 Å². The molecule has 3 N–H and O–H groups in total. The van der Waals surface area contributed by atoms with Crippen LogP contribution in [0, 0.1) is 6.92 Å². The molecular weight excluding hydrogens is 264 g/mol. The fourth-order valence-corrected chi connectivity index (χ4v) is 1.55. The fraction of sp³-hybridized carbons (Fsp3) is 0.235. The minimum absolute atomic E-state index is 0.264. The molecule has 4 heteroatoms. The first-order chi connectivity index (χ1) is 10.1. The van der Waals surface area contributed by atoms with Crippen LogP contribution in [0.3, 0.4) is 0 Å². The molecule has 0 fully saturated rings. The Hall–Kier alpha value is -2.33. The van der Waals surface area contributed by atoms with Crippen LogP contribution in [0.5, 0.6) is 5.75 Å². The number of primary amides is 1. The number of aryl methyl sites for hydroxylation is 1. The Labute approximate surface area is 125 Å². The normalized spacial score (nSPS) is 9.43. The van der Waals surface area contributed by atoms with Gasteiger partial charge in [-0.1, -0.05) is 48.0 Å². The van der Waals surface area contributed by atoms with Gasteiger partial charge in [-0.2, -0.15) is 0 Å². The molecule has 2 aromatic carbocycles. The standard InChI is InChI=1S/C14H14O.C3H8N2O/c1-12-7-9-14(10-8-12)15-11-13-5-3-2-4-6-13;1-5-2-3(4)6/h2-10H,11H2,1H3;5H,2H2,1H3,(H2,4,6). The van der Waals surface area contributed by atoms with Gasteiger partial charge in [-0.05, 0) is 31.7 Å². The van der Waals surface area contributed by atoms with Gasteiger partial charge in [0.1, 0.15) is 12.4 Å². The maximum atomic E-state index is 9.76. The first kappa shape index (κ1) is 16.7. The number of carbonyl (C=O) groups excluding carboxylic acids is 1. The van der Waals surface area contributed by atoms with Crippen molar-refractivity contribution in [1.82, 2.24) is 5.32 Å². The molecule has 0 heterocycles. The predicted molar refractivity (Wildman–Crippen MR) is 85.1 cm³/mol. The second-order valence-electron chi connectivity index (χ2n) is 4.58. The highest BCUT2D eigenvalue weighted by Crippen LogP contribution is 2.13. The lowest BCUT2D eigenvalue weighted by Gasteiger charge is -2.06. The summed E-state index contributed by atoms with van der Waals surface area (Å²) in [6, 6.07) is 18.3. The van der Waals surface area contributed by atoms with Gasteiger partial charge in [-0.25, -0.2) is 0 Å². The number of rotatable bonds is 5. The summed E-state index contributed by atoms with van der Waals surface area (Å²) in [5.41, 5.74) is 7.15. The quantitative estimate of drug-likeness (QED) is 0.886. The molecule has 0 aliphatic rings. The summed E-state index contributed by atoms with van der Waals surface area (Å²) in [6.45, 7) is 2.96. The van der Waals surface area contributed by atoms with Gasteiger partial charge in [-0.15, -0.1) is 0 Å². The van der Waals surface area contributed by atoms with Crippen molar-refractivity contribution in [3.8, 4) is 5.75 Å². The number of benzene rings is 2. The molecule has 0 aliphatic heterocycles. The second kappa shape index (κ2) is 9.55. The largest absolute Gasteiger partial charge is 0.489 e. The van der Waals surface area contributed by atoms with E-state index in [4.69, 9.17) is 10.5 Å². The van der Waals surface area contributed by atoms with Gasteiger partial charge in [-0.3, -0.25) is 4.79 Å². The minimum Gasteiger partial charge on any atom is -0.489 e. The van der Waals surface area contributed by atoms with Crippen LogP contribution in [0.2, 0.25) is 0 Å². The molecule has 0 aliphatic carbocycles. The van der Waals surface area contributed by atoms with E-state index in [1.54, 1.807) is 7.05 Å². The van der Waals surface area contributed by atoms with Crippen LogP contribution >= 0.6 is 0 Å². The van der Waals surface area contributed by atoms with Crippen molar-refractivity contribution in [2.75, 3.05) is 13.6 Å². The van der Waals surface area contributed by atoms with Crippen molar-refractivity contribution in [3.05, 3.63) is 65.7 Å². The highest BCUT2D eigenvalue weighted by atomic mass is 16.5. The Morgan fingerprint density at radius 2 is 1.71 bits per heavy atom. The summed E-state index contributed by atoms with van der Waals surface area (Å²) in [4.78, 5) is 9.76. The lowest BCUT2D eigenvalue weighted by molar-refractivity contribution is -0.117. The molecule has 1 amide bonds. The van der Waals surface area contributed by atoms with E-state index in [2.05, 4.69) is 36.5 Å². The van der Waals surface area contributed by atoms with Crippen LogP contribution in [0.15, 0.2) is 54.6 Å². The van der Waals surface area contributed by atoms with E-state index in [9.17, 15) is 4.79 Å². The molecule has 112 valence electrons. The molecule has 0 saturated carbocycles. The van der Waals surface area contributed by atoms with E-state index in [-0.39, 0.29) is 12.5 Å². The Balaban J connectivity index is 0.000000315. The third-order valence-electron chi connectivity index (χ3n) is 2.62. The smallest absolute Gasteiger partial charge is 0.231 e. The zero-order valence-corrected chi connectivity index (χ0v) is 12.5. The van der Waals surface area contributed by atoms with Crippen molar-refractivity contribution >= 4 is 5.91 Å². The first-order valence-corrected chi connectivity index (χ1v) is 6.78. The molecule has 21 heavy (non-hydrogen) atoms. The second-order valence-corrected chi connectivity index (χ2v) is 4.58. The maximum absolute atomic E-state index is 9.76. The number of likely N-dealkylation sites (N-methyl/N-ethyl adjacent to an activating group) is 1. The number of hydrogen-bond acceptors (Lipinski definition) is 3. The number of amides is 1. The van der Waals surface area contributed by atoms with Crippen molar-refractivity contribution in [1.29, 1.82) is 0 Å². The van der Waals surface area contributed by atoms with Gasteiger partial charge in [0.25, 0.3) is 0 Å². The lowest BCUT2D eigenvalue weighted by atomic mass is 10.2. The van der Waals surface area contributed by atoms with E-state index < -0.39 is 0 Å². The summed E-state index contributed by atoms with van der Waals surface area (Å²) in [6.07, 6.45) is 0. The molecule has 0 saturated heterocycles. The van der Waals surface area contributed by atoms with E-state index in [1.165, 1.54) is 11.1 Å². The molecule has 0 spiro atoms. The predicted octanol–water partition coefficient (Wildman–Crippen LogP) is 2.27. The molecule has 2 aromatic rings. The molecular formula is C17H22N2O2. The maximum Gasteiger partial charge on any atom is 0.231 e. The summed E-state index contributed by atoms with van der Waals surface area (Å²) in [5, 5.41) is 2.59. The van der Waals surface area contributed by atoms with Gasteiger partial charge in [0.15, 0.2) is 0 Å².